The van der Waals surface area contributed by atoms with E-state index in [9.17, 15) is 14.7 Å². The lowest BCUT2D eigenvalue weighted by Crippen LogP contribution is -2.61. The third-order valence-corrected chi connectivity index (χ3v) is 5.04. The first-order valence-electron chi connectivity index (χ1n) is 8.29. The zero-order valence-electron chi connectivity index (χ0n) is 14.4. The Hall–Kier alpha value is -2.24. The molecule has 2 amide bonds. The lowest BCUT2D eigenvalue weighted by atomic mass is 9.71. The van der Waals surface area contributed by atoms with Crippen LogP contribution in [0.25, 0.3) is 0 Å². The number of ether oxygens (including phenoxy) is 1. The minimum absolute atomic E-state index is 0.232. The molecule has 2 fully saturated rings. The van der Waals surface area contributed by atoms with E-state index in [0.717, 1.165) is 5.69 Å². The van der Waals surface area contributed by atoms with Gasteiger partial charge >= 0.3 is 12.2 Å². The number of rotatable bonds is 1. The third-order valence-electron chi connectivity index (χ3n) is 5.04. The monoisotopic (exact) mass is 332 g/mol. The van der Waals surface area contributed by atoms with Gasteiger partial charge in [-0.1, -0.05) is 39.0 Å². The smallest absolute Gasteiger partial charge is 0.415 e. The average molecular weight is 332 g/mol. The van der Waals surface area contributed by atoms with Crippen LogP contribution < -0.4 is 4.90 Å². The second kappa shape index (κ2) is 5.69. The maximum absolute atomic E-state index is 12.7. The first kappa shape index (κ1) is 16.6. The summed E-state index contributed by atoms with van der Waals surface area (Å²) in [4.78, 5) is 27.1. The van der Waals surface area contributed by atoms with E-state index in [4.69, 9.17) is 4.74 Å². The van der Waals surface area contributed by atoms with Crippen molar-refractivity contribution in [2.45, 2.75) is 45.3 Å². The van der Waals surface area contributed by atoms with E-state index in [1.807, 2.05) is 30.3 Å². The number of carbonyl (C=O) groups excluding carboxylic acids is 1. The summed E-state index contributed by atoms with van der Waals surface area (Å²) in [5.41, 5.74) is 0.0609. The largest absolute Gasteiger partial charge is 0.465 e. The molecule has 0 aliphatic carbocycles. The fourth-order valence-corrected chi connectivity index (χ4v) is 4.06. The Balaban J connectivity index is 2.01. The summed E-state index contributed by atoms with van der Waals surface area (Å²) >= 11 is 0. The first-order valence-corrected chi connectivity index (χ1v) is 8.29. The summed E-state index contributed by atoms with van der Waals surface area (Å²) in [7, 11) is 0. The Kier molecular flexibility index (Phi) is 3.94. The van der Waals surface area contributed by atoms with Gasteiger partial charge in [0.25, 0.3) is 0 Å². The Morgan fingerprint density at radius 3 is 2.29 bits per heavy atom. The van der Waals surface area contributed by atoms with Gasteiger partial charge in [-0.05, 0) is 25.0 Å². The number of nitrogens with zero attached hydrogens (tertiary/aromatic N) is 2. The number of piperidine rings is 1. The molecule has 130 valence electrons. The summed E-state index contributed by atoms with van der Waals surface area (Å²) in [6.45, 7) is 6.99. The van der Waals surface area contributed by atoms with Crippen LogP contribution in [0.2, 0.25) is 0 Å². The predicted octanol–water partition coefficient (Wildman–Crippen LogP) is 3.57. The van der Waals surface area contributed by atoms with Crippen LogP contribution in [0, 0.1) is 5.41 Å². The van der Waals surface area contributed by atoms with Gasteiger partial charge < -0.3 is 14.7 Å². The van der Waals surface area contributed by atoms with Crippen molar-refractivity contribution in [2.24, 2.45) is 5.41 Å². The number of carbonyl (C=O) groups is 2. The molecule has 1 N–H and O–H groups in total. The molecule has 1 aromatic carbocycles. The Morgan fingerprint density at radius 1 is 1.21 bits per heavy atom. The number of carboxylic acid groups (broad SMARTS) is 1. The molecular weight excluding hydrogens is 308 g/mol. The molecule has 2 aliphatic rings. The van der Waals surface area contributed by atoms with Crippen molar-refractivity contribution in [2.75, 3.05) is 18.0 Å². The highest BCUT2D eigenvalue weighted by atomic mass is 16.6. The molecule has 0 saturated carbocycles. The molecule has 1 atom stereocenters. The number of hydrogen-bond donors (Lipinski definition) is 1. The van der Waals surface area contributed by atoms with E-state index >= 15 is 0 Å². The second-order valence-corrected chi connectivity index (χ2v) is 7.67. The number of likely N-dealkylation sites (tertiary alicyclic amines) is 1. The molecule has 0 aromatic heterocycles. The lowest BCUT2D eigenvalue weighted by Gasteiger charge is -2.47. The van der Waals surface area contributed by atoms with E-state index in [1.54, 1.807) is 4.90 Å². The summed E-state index contributed by atoms with van der Waals surface area (Å²) in [6, 6.07) is 9.50. The molecular formula is C18H24N2O4. The number of anilines is 1. The van der Waals surface area contributed by atoms with Crippen molar-refractivity contribution in [3.05, 3.63) is 30.3 Å². The van der Waals surface area contributed by atoms with E-state index in [-0.39, 0.29) is 17.6 Å². The van der Waals surface area contributed by atoms with E-state index < -0.39 is 11.6 Å². The van der Waals surface area contributed by atoms with Crippen LogP contribution in [0.15, 0.2) is 30.3 Å². The fraction of sp³-hybridized carbons (Fsp3) is 0.556. The van der Waals surface area contributed by atoms with Crippen LogP contribution in [-0.4, -0.2) is 46.9 Å². The summed E-state index contributed by atoms with van der Waals surface area (Å²) in [5.74, 6) is 0. The Bertz CT molecular complexity index is 630. The molecule has 24 heavy (non-hydrogen) atoms. The fourth-order valence-electron chi connectivity index (χ4n) is 4.06. The Morgan fingerprint density at radius 2 is 1.79 bits per heavy atom. The summed E-state index contributed by atoms with van der Waals surface area (Å²) in [6.07, 6.45) is -0.392. The molecule has 2 aliphatic heterocycles. The predicted molar refractivity (Wildman–Crippen MR) is 90.2 cm³/mol. The maximum atomic E-state index is 12.7. The van der Waals surface area contributed by atoms with Crippen LogP contribution >= 0.6 is 0 Å². The molecule has 0 bridgehead atoms. The van der Waals surface area contributed by atoms with Gasteiger partial charge in [-0.15, -0.1) is 0 Å². The van der Waals surface area contributed by atoms with Gasteiger partial charge in [0.15, 0.2) is 0 Å². The quantitative estimate of drug-likeness (QED) is 0.853. The highest BCUT2D eigenvalue weighted by Crippen LogP contribution is 2.48. The van der Waals surface area contributed by atoms with E-state index in [0.29, 0.717) is 25.9 Å². The van der Waals surface area contributed by atoms with E-state index in [2.05, 4.69) is 20.8 Å². The molecule has 2 saturated heterocycles. The van der Waals surface area contributed by atoms with Crippen molar-refractivity contribution >= 4 is 17.9 Å². The zero-order valence-corrected chi connectivity index (χ0v) is 14.4. The van der Waals surface area contributed by atoms with Crippen LogP contribution in [-0.2, 0) is 4.74 Å². The molecule has 2 heterocycles. The molecule has 0 radical (unpaired) electrons. The van der Waals surface area contributed by atoms with E-state index in [1.165, 1.54) is 4.90 Å². The molecule has 6 heteroatoms. The maximum Gasteiger partial charge on any atom is 0.415 e. The van der Waals surface area contributed by atoms with Crippen molar-refractivity contribution in [1.82, 2.24) is 4.90 Å². The van der Waals surface area contributed by atoms with Gasteiger partial charge in [0.2, 0.25) is 0 Å². The lowest BCUT2D eigenvalue weighted by molar-refractivity contribution is 0.00411. The van der Waals surface area contributed by atoms with Gasteiger partial charge in [0, 0.05) is 24.2 Å². The number of hydrogen-bond acceptors (Lipinski definition) is 3. The second-order valence-electron chi connectivity index (χ2n) is 7.67. The summed E-state index contributed by atoms with van der Waals surface area (Å²) in [5, 5.41) is 9.24. The average Bonchev–Trinajstić information content (AvgIpc) is 2.81. The molecule has 1 unspecified atom stereocenters. The standard InChI is InChI=1S/C18H24N2O4/c1-17(2,3)14-18(9-11-19(12-10-18)15(21)22)20(16(23)24-14)13-7-5-4-6-8-13/h4-8,14H,9-12H2,1-3H3,(H,21,22). The van der Waals surface area contributed by atoms with Crippen molar-refractivity contribution in [3.8, 4) is 0 Å². The van der Waals surface area contributed by atoms with Gasteiger partial charge in [0.05, 0.1) is 5.54 Å². The van der Waals surface area contributed by atoms with Crippen LogP contribution in [0.3, 0.4) is 0 Å². The number of benzene rings is 1. The Labute approximate surface area is 142 Å². The van der Waals surface area contributed by atoms with Crippen LogP contribution in [0.1, 0.15) is 33.6 Å². The normalized spacial score (nSPS) is 23.5. The molecule has 3 rings (SSSR count). The highest BCUT2D eigenvalue weighted by molar-refractivity contribution is 5.92. The minimum Gasteiger partial charge on any atom is -0.465 e. The molecule has 6 nitrogen and oxygen atoms in total. The number of para-hydroxylation sites is 1. The molecule has 1 spiro atoms. The number of amides is 2. The van der Waals surface area contributed by atoms with Crippen LogP contribution in [0.5, 0.6) is 0 Å². The number of cyclic esters (lactones) is 1. The van der Waals surface area contributed by atoms with Crippen molar-refractivity contribution in [1.29, 1.82) is 0 Å². The third kappa shape index (κ3) is 2.60. The van der Waals surface area contributed by atoms with Crippen molar-refractivity contribution < 1.29 is 19.4 Å². The highest BCUT2D eigenvalue weighted by Gasteiger charge is 2.60. The van der Waals surface area contributed by atoms with Crippen molar-refractivity contribution in [3.63, 3.8) is 0 Å². The zero-order chi connectivity index (χ0) is 17.5. The summed E-state index contributed by atoms with van der Waals surface area (Å²) < 4.78 is 5.80. The molecule has 1 aromatic rings. The first-order chi connectivity index (χ1) is 11.3. The van der Waals surface area contributed by atoms with Gasteiger partial charge in [-0.2, -0.15) is 0 Å². The van der Waals surface area contributed by atoms with Crippen LogP contribution in [0.4, 0.5) is 15.3 Å². The van der Waals surface area contributed by atoms with Gasteiger partial charge in [0.1, 0.15) is 6.10 Å². The minimum atomic E-state index is -0.909. The topological polar surface area (TPSA) is 70.1 Å². The SMILES string of the molecule is CC(C)(C)C1OC(=O)N(c2ccccc2)C12CCN(C(=O)O)CC2. The van der Waals surface area contributed by atoms with Gasteiger partial charge in [-0.25, -0.2) is 9.59 Å². The van der Waals surface area contributed by atoms with Gasteiger partial charge in [-0.3, -0.25) is 4.90 Å².